The third kappa shape index (κ3) is 4.01. The number of rotatable bonds is 5. The highest BCUT2D eigenvalue weighted by atomic mass is 14.7. The molecule has 1 aromatic heterocycles. The minimum atomic E-state index is 0.154. The third-order valence-corrected chi connectivity index (χ3v) is 2.09. The molecule has 1 rings (SSSR count). The van der Waals surface area contributed by atoms with Gasteiger partial charge in [-0.1, -0.05) is 0 Å². The van der Waals surface area contributed by atoms with Crippen molar-refractivity contribution < 1.29 is 0 Å². The Kier molecular flexibility index (Phi) is 4.43. The van der Waals surface area contributed by atoms with Crippen molar-refractivity contribution in [3.8, 4) is 0 Å². The maximum Gasteiger partial charge on any atom is 0.0270 e. The van der Waals surface area contributed by atoms with Gasteiger partial charge in [-0.05, 0) is 37.0 Å². The first-order chi connectivity index (χ1) is 6.33. The number of aryl methyl sites for hydroxylation is 1. The first-order valence-electron chi connectivity index (χ1n) is 4.67. The van der Waals surface area contributed by atoms with Crippen LogP contribution < -0.4 is 11.5 Å². The van der Waals surface area contributed by atoms with Crippen LogP contribution in [0.5, 0.6) is 0 Å². The normalized spacial score (nSPS) is 12.8. The number of aromatic nitrogens is 1. The Labute approximate surface area is 79.2 Å². The zero-order valence-electron chi connectivity index (χ0n) is 7.82. The van der Waals surface area contributed by atoms with Gasteiger partial charge in [0, 0.05) is 25.0 Å². The average molecular weight is 179 g/mol. The molecule has 1 unspecified atom stereocenters. The smallest absolute Gasteiger partial charge is 0.0270 e. The molecular formula is C10H17N3. The van der Waals surface area contributed by atoms with E-state index in [1.165, 1.54) is 5.56 Å². The van der Waals surface area contributed by atoms with E-state index in [2.05, 4.69) is 4.98 Å². The molecule has 0 radical (unpaired) electrons. The standard InChI is InChI=1S/C10H17N3/c11-8-10(12)3-1-2-9-4-6-13-7-5-9/h4-7,10H,1-3,8,11-12H2. The van der Waals surface area contributed by atoms with Gasteiger partial charge in [-0.15, -0.1) is 0 Å². The number of pyridine rings is 1. The lowest BCUT2D eigenvalue weighted by atomic mass is 10.1. The summed E-state index contributed by atoms with van der Waals surface area (Å²) >= 11 is 0. The molecule has 0 aliphatic heterocycles. The molecule has 0 aliphatic carbocycles. The Bertz CT molecular complexity index is 223. The predicted molar refractivity (Wildman–Crippen MR) is 54.2 cm³/mol. The summed E-state index contributed by atoms with van der Waals surface area (Å²) in [6.07, 6.45) is 6.80. The quantitative estimate of drug-likeness (QED) is 0.699. The van der Waals surface area contributed by atoms with Crippen LogP contribution in [0.25, 0.3) is 0 Å². The highest BCUT2D eigenvalue weighted by Gasteiger charge is 1.98. The van der Waals surface area contributed by atoms with Crippen molar-refractivity contribution >= 4 is 0 Å². The van der Waals surface area contributed by atoms with Crippen LogP contribution in [0.2, 0.25) is 0 Å². The molecule has 4 N–H and O–H groups in total. The molecule has 0 saturated heterocycles. The lowest BCUT2D eigenvalue weighted by molar-refractivity contribution is 0.590. The van der Waals surface area contributed by atoms with Crippen LogP contribution in [0.3, 0.4) is 0 Å². The predicted octanol–water partition coefficient (Wildman–Crippen LogP) is 0.690. The second-order valence-corrected chi connectivity index (χ2v) is 3.24. The molecular weight excluding hydrogens is 162 g/mol. The van der Waals surface area contributed by atoms with E-state index in [0.29, 0.717) is 6.54 Å². The summed E-state index contributed by atoms with van der Waals surface area (Å²) in [5, 5.41) is 0. The van der Waals surface area contributed by atoms with Gasteiger partial charge in [0.2, 0.25) is 0 Å². The van der Waals surface area contributed by atoms with E-state index in [1.807, 2.05) is 24.5 Å². The minimum Gasteiger partial charge on any atom is -0.329 e. The van der Waals surface area contributed by atoms with Gasteiger partial charge < -0.3 is 11.5 Å². The van der Waals surface area contributed by atoms with Crippen LogP contribution in [0.1, 0.15) is 18.4 Å². The maximum absolute atomic E-state index is 5.70. The van der Waals surface area contributed by atoms with Gasteiger partial charge in [0.15, 0.2) is 0 Å². The fourth-order valence-corrected chi connectivity index (χ4v) is 1.24. The highest BCUT2D eigenvalue weighted by Crippen LogP contribution is 2.03. The van der Waals surface area contributed by atoms with Crippen LogP contribution in [-0.4, -0.2) is 17.6 Å². The Balaban J connectivity index is 2.20. The van der Waals surface area contributed by atoms with E-state index < -0.39 is 0 Å². The lowest BCUT2D eigenvalue weighted by Crippen LogP contribution is -2.29. The monoisotopic (exact) mass is 179 g/mol. The zero-order chi connectivity index (χ0) is 9.52. The molecule has 1 aromatic rings. The lowest BCUT2D eigenvalue weighted by Gasteiger charge is -2.07. The molecule has 1 heterocycles. The summed E-state index contributed by atoms with van der Waals surface area (Å²) in [6, 6.07) is 4.23. The summed E-state index contributed by atoms with van der Waals surface area (Å²) in [5.74, 6) is 0. The highest BCUT2D eigenvalue weighted by molar-refractivity contribution is 5.09. The van der Waals surface area contributed by atoms with E-state index in [-0.39, 0.29) is 6.04 Å². The molecule has 0 fully saturated rings. The summed E-state index contributed by atoms with van der Waals surface area (Å²) in [7, 11) is 0. The third-order valence-electron chi connectivity index (χ3n) is 2.09. The van der Waals surface area contributed by atoms with Crippen LogP contribution >= 0.6 is 0 Å². The number of hydrogen-bond acceptors (Lipinski definition) is 3. The molecule has 0 bridgehead atoms. The molecule has 3 nitrogen and oxygen atoms in total. The van der Waals surface area contributed by atoms with Crippen LogP contribution in [0, 0.1) is 0 Å². The molecule has 0 aliphatic rings. The van der Waals surface area contributed by atoms with Gasteiger partial charge in [-0.25, -0.2) is 0 Å². The number of nitrogens with two attached hydrogens (primary N) is 2. The van der Waals surface area contributed by atoms with Crippen molar-refractivity contribution in [1.82, 2.24) is 4.98 Å². The van der Waals surface area contributed by atoms with E-state index >= 15 is 0 Å². The fraction of sp³-hybridized carbons (Fsp3) is 0.500. The second kappa shape index (κ2) is 5.67. The molecule has 0 amide bonds. The van der Waals surface area contributed by atoms with Crippen molar-refractivity contribution in [1.29, 1.82) is 0 Å². The van der Waals surface area contributed by atoms with Crippen LogP contribution in [0.15, 0.2) is 24.5 Å². The number of hydrogen-bond donors (Lipinski definition) is 2. The Morgan fingerprint density at radius 3 is 2.62 bits per heavy atom. The minimum absolute atomic E-state index is 0.154. The Hall–Kier alpha value is -0.930. The molecule has 0 saturated carbocycles. The Morgan fingerprint density at radius 1 is 1.31 bits per heavy atom. The van der Waals surface area contributed by atoms with Crippen LogP contribution in [0.4, 0.5) is 0 Å². The second-order valence-electron chi connectivity index (χ2n) is 3.24. The average Bonchev–Trinajstić information content (AvgIpc) is 2.19. The van der Waals surface area contributed by atoms with Gasteiger partial charge in [-0.2, -0.15) is 0 Å². The first kappa shape index (κ1) is 10.2. The molecule has 72 valence electrons. The van der Waals surface area contributed by atoms with E-state index in [9.17, 15) is 0 Å². The largest absolute Gasteiger partial charge is 0.329 e. The molecule has 13 heavy (non-hydrogen) atoms. The van der Waals surface area contributed by atoms with Gasteiger partial charge in [0.05, 0.1) is 0 Å². The number of nitrogens with zero attached hydrogens (tertiary/aromatic N) is 1. The molecule has 0 spiro atoms. The zero-order valence-corrected chi connectivity index (χ0v) is 7.82. The maximum atomic E-state index is 5.70. The Morgan fingerprint density at radius 2 is 2.00 bits per heavy atom. The summed E-state index contributed by atoms with van der Waals surface area (Å²) < 4.78 is 0. The summed E-state index contributed by atoms with van der Waals surface area (Å²) in [4.78, 5) is 3.96. The van der Waals surface area contributed by atoms with Crippen molar-refractivity contribution in [2.45, 2.75) is 25.3 Å². The van der Waals surface area contributed by atoms with Gasteiger partial charge in [0.25, 0.3) is 0 Å². The van der Waals surface area contributed by atoms with Gasteiger partial charge in [0.1, 0.15) is 0 Å². The summed E-state index contributed by atoms with van der Waals surface area (Å²) in [6.45, 7) is 0.580. The first-order valence-corrected chi connectivity index (χ1v) is 4.67. The van der Waals surface area contributed by atoms with Crippen molar-refractivity contribution in [2.75, 3.05) is 6.54 Å². The van der Waals surface area contributed by atoms with E-state index in [4.69, 9.17) is 11.5 Å². The van der Waals surface area contributed by atoms with Gasteiger partial charge >= 0.3 is 0 Å². The van der Waals surface area contributed by atoms with Crippen molar-refractivity contribution in [3.63, 3.8) is 0 Å². The summed E-state index contributed by atoms with van der Waals surface area (Å²) in [5.41, 5.74) is 12.4. The topological polar surface area (TPSA) is 64.9 Å². The van der Waals surface area contributed by atoms with E-state index in [0.717, 1.165) is 19.3 Å². The van der Waals surface area contributed by atoms with Crippen molar-refractivity contribution in [3.05, 3.63) is 30.1 Å². The van der Waals surface area contributed by atoms with Gasteiger partial charge in [-0.3, -0.25) is 4.98 Å². The molecule has 1 atom stereocenters. The van der Waals surface area contributed by atoms with Crippen molar-refractivity contribution in [2.24, 2.45) is 11.5 Å². The fourth-order valence-electron chi connectivity index (χ4n) is 1.24. The molecule has 3 heteroatoms. The molecule has 0 aromatic carbocycles. The SMILES string of the molecule is NCC(N)CCCc1ccncc1. The van der Waals surface area contributed by atoms with E-state index in [1.54, 1.807) is 0 Å². The van der Waals surface area contributed by atoms with Crippen LogP contribution in [-0.2, 0) is 6.42 Å².